The lowest BCUT2D eigenvalue weighted by Crippen LogP contribution is -2.25. The van der Waals surface area contributed by atoms with Crippen molar-refractivity contribution in [2.75, 3.05) is 11.9 Å². The van der Waals surface area contributed by atoms with Gasteiger partial charge in [-0.05, 0) is 71.3 Å². The highest BCUT2D eigenvalue weighted by molar-refractivity contribution is 9.10. The third-order valence-electron chi connectivity index (χ3n) is 3.86. The van der Waals surface area contributed by atoms with Gasteiger partial charge >= 0.3 is 0 Å². The van der Waals surface area contributed by atoms with Gasteiger partial charge in [-0.3, -0.25) is 4.79 Å². The van der Waals surface area contributed by atoms with Crippen LogP contribution in [0.1, 0.15) is 45.6 Å². The van der Waals surface area contributed by atoms with Gasteiger partial charge < -0.3 is 11.1 Å². The molecule has 1 aromatic rings. The maximum Gasteiger partial charge on any atom is 0.224 e. The molecule has 21 heavy (non-hydrogen) atoms. The maximum absolute atomic E-state index is 12.1. The van der Waals surface area contributed by atoms with E-state index in [4.69, 9.17) is 5.73 Å². The molecule has 0 aliphatic carbocycles. The molecule has 118 valence electrons. The molecule has 0 aromatic heterocycles. The lowest BCUT2D eigenvalue weighted by Gasteiger charge is -2.30. The van der Waals surface area contributed by atoms with Crippen molar-refractivity contribution in [3.05, 3.63) is 28.2 Å². The van der Waals surface area contributed by atoms with Crippen molar-refractivity contribution in [2.45, 2.75) is 47.0 Å². The molecule has 0 saturated carbocycles. The van der Waals surface area contributed by atoms with Crippen LogP contribution in [-0.2, 0) is 4.79 Å². The normalized spacial score (nSPS) is 13.0. The lowest BCUT2D eigenvalue weighted by molar-refractivity contribution is -0.116. The second-order valence-corrected chi connectivity index (χ2v) is 7.56. The number of benzene rings is 1. The Morgan fingerprint density at radius 3 is 2.57 bits per heavy atom. The number of carbonyl (C=O) groups excluding carboxylic acids is 1. The molecular formula is C17H27BrN2O. The van der Waals surface area contributed by atoms with Crippen molar-refractivity contribution in [3.63, 3.8) is 0 Å². The van der Waals surface area contributed by atoms with Crippen molar-refractivity contribution >= 4 is 27.5 Å². The summed E-state index contributed by atoms with van der Waals surface area (Å²) in [6.07, 6.45) is 2.36. The molecule has 3 N–H and O–H groups in total. The smallest absolute Gasteiger partial charge is 0.224 e. The summed E-state index contributed by atoms with van der Waals surface area (Å²) >= 11 is 3.46. The average Bonchev–Trinajstić information content (AvgIpc) is 2.37. The second kappa shape index (κ2) is 7.95. The van der Waals surface area contributed by atoms with E-state index in [0.29, 0.717) is 18.9 Å². The summed E-state index contributed by atoms with van der Waals surface area (Å²) in [7, 11) is 0. The molecule has 1 atom stereocenters. The molecule has 0 aliphatic heterocycles. The average molecular weight is 355 g/mol. The SMILES string of the molecule is Cc1ccc(Br)c(NC(=O)CCC(CCN)C(C)(C)C)c1. The molecule has 0 radical (unpaired) electrons. The summed E-state index contributed by atoms with van der Waals surface area (Å²) < 4.78 is 0.913. The number of carbonyl (C=O) groups is 1. The van der Waals surface area contributed by atoms with E-state index < -0.39 is 0 Å². The van der Waals surface area contributed by atoms with Gasteiger partial charge in [-0.1, -0.05) is 26.8 Å². The molecule has 3 nitrogen and oxygen atoms in total. The molecular weight excluding hydrogens is 328 g/mol. The summed E-state index contributed by atoms with van der Waals surface area (Å²) in [5.74, 6) is 0.529. The van der Waals surface area contributed by atoms with Crippen molar-refractivity contribution in [1.82, 2.24) is 0 Å². The van der Waals surface area contributed by atoms with Gasteiger partial charge in [0.2, 0.25) is 5.91 Å². The summed E-state index contributed by atoms with van der Waals surface area (Å²) in [6, 6.07) is 5.94. The van der Waals surface area contributed by atoms with Crippen LogP contribution in [0.2, 0.25) is 0 Å². The van der Waals surface area contributed by atoms with E-state index in [-0.39, 0.29) is 11.3 Å². The Morgan fingerprint density at radius 1 is 1.33 bits per heavy atom. The monoisotopic (exact) mass is 354 g/mol. The van der Waals surface area contributed by atoms with Crippen LogP contribution in [0.5, 0.6) is 0 Å². The van der Waals surface area contributed by atoms with Crippen molar-refractivity contribution in [1.29, 1.82) is 0 Å². The standard InChI is InChI=1S/C17H27BrN2O/c1-12-5-7-14(18)15(11-12)20-16(21)8-6-13(9-10-19)17(2,3)4/h5,7,11,13H,6,8-10,19H2,1-4H3,(H,20,21). The molecule has 0 spiro atoms. The first-order chi connectivity index (χ1) is 9.74. The van der Waals surface area contributed by atoms with E-state index in [1.165, 1.54) is 0 Å². The number of anilines is 1. The third kappa shape index (κ3) is 6.18. The van der Waals surface area contributed by atoms with Crippen LogP contribution in [0.25, 0.3) is 0 Å². The Bertz CT molecular complexity index is 480. The summed E-state index contributed by atoms with van der Waals surface area (Å²) in [4.78, 5) is 12.1. The van der Waals surface area contributed by atoms with Crippen LogP contribution in [0.4, 0.5) is 5.69 Å². The largest absolute Gasteiger partial charge is 0.330 e. The third-order valence-corrected chi connectivity index (χ3v) is 4.55. The fourth-order valence-electron chi connectivity index (χ4n) is 2.46. The topological polar surface area (TPSA) is 55.1 Å². The van der Waals surface area contributed by atoms with Gasteiger partial charge in [0.05, 0.1) is 5.69 Å². The van der Waals surface area contributed by atoms with Gasteiger partial charge in [0, 0.05) is 10.9 Å². The fourth-order valence-corrected chi connectivity index (χ4v) is 2.81. The molecule has 1 amide bonds. The second-order valence-electron chi connectivity index (χ2n) is 6.71. The first kappa shape index (κ1) is 18.2. The molecule has 0 saturated heterocycles. The van der Waals surface area contributed by atoms with Gasteiger partial charge in [0.25, 0.3) is 0 Å². The van der Waals surface area contributed by atoms with Crippen LogP contribution < -0.4 is 11.1 Å². The van der Waals surface area contributed by atoms with Crippen LogP contribution in [0.3, 0.4) is 0 Å². The maximum atomic E-state index is 12.1. The minimum Gasteiger partial charge on any atom is -0.330 e. The van der Waals surface area contributed by atoms with E-state index in [9.17, 15) is 4.79 Å². The van der Waals surface area contributed by atoms with Gasteiger partial charge in [-0.2, -0.15) is 0 Å². The fraction of sp³-hybridized carbons (Fsp3) is 0.588. The van der Waals surface area contributed by atoms with Crippen molar-refractivity contribution in [3.8, 4) is 0 Å². The molecule has 1 unspecified atom stereocenters. The van der Waals surface area contributed by atoms with Crippen molar-refractivity contribution in [2.24, 2.45) is 17.1 Å². The number of rotatable bonds is 6. The number of amides is 1. The van der Waals surface area contributed by atoms with E-state index in [2.05, 4.69) is 42.0 Å². The van der Waals surface area contributed by atoms with E-state index >= 15 is 0 Å². The van der Waals surface area contributed by atoms with Gasteiger partial charge in [0.1, 0.15) is 0 Å². The summed E-state index contributed by atoms with van der Waals surface area (Å²) in [5.41, 5.74) is 7.84. The van der Waals surface area contributed by atoms with Crippen LogP contribution in [0.15, 0.2) is 22.7 Å². The molecule has 0 aliphatic rings. The molecule has 0 heterocycles. The Balaban J connectivity index is 2.59. The zero-order chi connectivity index (χ0) is 16.0. The number of nitrogens with one attached hydrogen (secondary N) is 1. The lowest BCUT2D eigenvalue weighted by atomic mass is 9.76. The predicted molar refractivity (Wildman–Crippen MR) is 93.4 cm³/mol. The molecule has 1 rings (SSSR count). The quantitative estimate of drug-likeness (QED) is 0.790. The van der Waals surface area contributed by atoms with Crippen LogP contribution >= 0.6 is 15.9 Å². The van der Waals surface area contributed by atoms with Crippen LogP contribution in [-0.4, -0.2) is 12.5 Å². The van der Waals surface area contributed by atoms with Gasteiger partial charge in [0.15, 0.2) is 0 Å². The number of aryl methyl sites for hydroxylation is 1. The highest BCUT2D eigenvalue weighted by atomic mass is 79.9. The molecule has 1 aromatic carbocycles. The van der Waals surface area contributed by atoms with Crippen LogP contribution in [0, 0.1) is 18.3 Å². The van der Waals surface area contributed by atoms with Gasteiger partial charge in [-0.15, -0.1) is 0 Å². The predicted octanol–water partition coefficient (Wildman–Crippen LogP) is 4.49. The minimum atomic E-state index is 0.0626. The zero-order valence-electron chi connectivity index (χ0n) is 13.5. The zero-order valence-corrected chi connectivity index (χ0v) is 15.1. The Kier molecular flexibility index (Phi) is 6.88. The highest BCUT2D eigenvalue weighted by Crippen LogP contribution is 2.32. The van der Waals surface area contributed by atoms with Gasteiger partial charge in [-0.25, -0.2) is 0 Å². The van der Waals surface area contributed by atoms with E-state index in [0.717, 1.165) is 28.6 Å². The number of hydrogen-bond acceptors (Lipinski definition) is 2. The molecule has 0 fully saturated rings. The highest BCUT2D eigenvalue weighted by Gasteiger charge is 2.24. The minimum absolute atomic E-state index is 0.0626. The Hall–Kier alpha value is -0.870. The molecule has 4 heteroatoms. The summed E-state index contributed by atoms with van der Waals surface area (Å²) in [6.45, 7) is 9.32. The van der Waals surface area contributed by atoms with E-state index in [1.807, 2.05) is 25.1 Å². The molecule has 0 bridgehead atoms. The number of halogens is 1. The first-order valence-corrected chi connectivity index (χ1v) is 8.29. The van der Waals surface area contributed by atoms with E-state index in [1.54, 1.807) is 0 Å². The first-order valence-electron chi connectivity index (χ1n) is 7.50. The van der Waals surface area contributed by atoms with Crippen molar-refractivity contribution < 1.29 is 4.79 Å². The summed E-state index contributed by atoms with van der Waals surface area (Å²) in [5, 5.41) is 2.98. The Labute approximate surface area is 136 Å². The number of hydrogen-bond donors (Lipinski definition) is 2. The Morgan fingerprint density at radius 2 is 2.00 bits per heavy atom. The number of nitrogens with two attached hydrogens (primary N) is 1.